The fourth-order valence-electron chi connectivity index (χ4n) is 2.25. The van der Waals surface area contributed by atoms with Crippen molar-refractivity contribution in [2.45, 2.75) is 13.0 Å². The number of benzene rings is 2. The summed E-state index contributed by atoms with van der Waals surface area (Å²) in [7, 11) is 0. The standard InChI is InChI=1S/C17H19N3O2.HI/c18-17(19-9-8-13-4-2-1-3-5-13)20-11-14-6-7-15-16(10-14)22-12-21-15;/h1-7,10H,8-9,11-12H2,(H3,18,19,20);1H. The summed E-state index contributed by atoms with van der Waals surface area (Å²) in [5.74, 6) is 2.00. The van der Waals surface area contributed by atoms with Gasteiger partial charge in [0.05, 0.1) is 6.54 Å². The van der Waals surface area contributed by atoms with Crippen LogP contribution in [0.25, 0.3) is 0 Å². The molecule has 23 heavy (non-hydrogen) atoms. The lowest BCUT2D eigenvalue weighted by Crippen LogP contribution is -2.33. The van der Waals surface area contributed by atoms with E-state index in [4.69, 9.17) is 15.2 Å². The number of rotatable bonds is 5. The van der Waals surface area contributed by atoms with Crippen molar-refractivity contribution in [3.05, 3.63) is 59.7 Å². The Labute approximate surface area is 152 Å². The van der Waals surface area contributed by atoms with E-state index in [2.05, 4.69) is 22.4 Å². The van der Waals surface area contributed by atoms with E-state index in [1.54, 1.807) is 0 Å². The highest BCUT2D eigenvalue weighted by Crippen LogP contribution is 2.32. The third kappa shape index (κ3) is 5.02. The summed E-state index contributed by atoms with van der Waals surface area (Å²) in [6.45, 7) is 1.56. The Bertz CT molecular complexity index is 662. The molecule has 5 nitrogen and oxygen atoms in total. The molecule has 6 heteroatoms. The molecule has 0 aliphatic carbocycles. The summed E-state index contributed by atoms with van der Waals surface area (Å²) in [6, 6.07) is 16.1. The van der Waals surface area contributed by atoms with Crippen molar-refractivity contribution in [1.82, 2.24) is 5.32 Å². The second kappa shape index (κ2) is 8.61. The van der Waals surface area contributed by atoms with Gasteiger partial charge in [-0.3, -0.25) is 0 Å². The fourth-order valence-corrected chi connectivity index (χ4v) is 2.25. The van der Waals surface area contributed by atoms with Crippen molar-refractivity contribution in [1.29, 1.82) is 0 Å². The molecule has 3 rings (SSSR count). The molecule has 3 N–H and O–H groups in total. The predicted octanol–water partition coefficient (Wildman–Crippen LogP) is 2.68. The van der Waals surface area contributed by atoms with Crippen molar-refractivity contribution in [2.75, 3.05) is 13.3 Å². The van der Waals surface area contributed by atoms with Crippen LogP contribution in [0.15, 0.2) is 53.5 Å². The molecule has 0 atom stereocenters. The van der Waals surface area contributed by atoms with E-state index in [1.165, 1.54) is 5.56 Å². The van der Waals surface area contributed by atoms with E-state index >= 15 is 0 Å². The van der Waals surface area contributed by atoms with Crippen molar-refractivity contribution in [2.24, 2.45) is 10.7 Å². The van der Waals surface area contributed by atoms with E-state index in [0.717, 1.165) is 30.0 Å². The summed E-state index contributed by atoms with van der Waals surface area (Å²) in [5, 5.41) is 3.13. The lowest BCUT2D eigenvalue weighted by Gasteiger charge is -2.06. The summed E-state index contributed by atoms with van der Waals surface area (Å²) < 4.78 is 10.6. The Morgan fingerprint density at radius 1 is 1.04 bits per heavy atom. The molecule has 0 amide bonds. The Hall–Kier alpha value is -1.96. The molecule has 1 aliphatic rings. The van der Waals surface area contributed by atoms with E-state index < -0.39 is 0 Å². The van der Waals surface area contributed by atoms with Gasteiger partial charge in [-0.15, -0.1) is 24.0 Å². The molecule has 0 saturated carbocycles. The number of ether oxygens (including phenoxy) is 2. The number of hydrogen-bond donors (Lipinski definition) is 2. The molecule has 0 fully saturated rings. The number of halogens is 1. The molecule has 122 valence electrons. The minimum atomic E-state index is 0. The van der Waals surface area contributed by atoms with Gasteiger partial charge in [0, 0.05) is 6.54 Å². The third-order valence-corrected chi connectivity index (χ3v) is 3.43. The molecule has 0 radical (unpaired) electrons. The first-order valence-electron chi connectivity index (χ1n) is 7.27. The average molecular weight is 425 g/mol. The Balaban J connectivity index is 0.00000192. The van der Waals surface area contributed by atoms with Gasteiger partial charge in [-0.25, -0.2) is 4.99 Å². The van der Waals surface area contributed by atoms with Crippen LogP contribution in [0.4, 0.5) is 0 Å². The first kappa shape index (κ1) is 17.4. The Morgan fingerprint density at radius 2 is 1.83 bits per heavy atom. The molecular weight excluding hydrogens is 405 g/mol. The zero-order chi connectivity index (χ0) is 15.2. The number of hydrogen-bond acceptors (Lipinski definition) is 3. The molecule has 0 saturated heterocycles. The first-order chi connectivity index (χ1) is 10.8. The van der Waals surface area contributed by atoms with Crippen molar-refractivity contribution in [3.63, 3.8) is 0 Å². The SMILES string of the molecule is I.NC(=NCc1ccc2c(c1)OCO2)NCCc1ccccc1. The minimum Gasteiger partial charge on any atom is -0.454 e. The predicted molar refractivity (Wildman–Crippen MR) is 101 cm³/mol. The Morgan fingerprint density at radius 3 is 2.65 bits per heavy atom. The smallest absolute Gasteiger partial charge is 0.231 e. The molecule has 0 bridgehead atoms. The number of nitrogens with two attached hydrogens (primary N) is 1. The van der Waals surface area contributed by atoms with Crippen molar-refractivity contribution in [3.8, 4) is 11.5 Å². The molecule has 1 heterocycles. The molecule has 2 aromatic rings. The van der Waals surface area contributed by atoms with Gasteiger partial charge in [0.25, 0.3) is 0 Å². The van der Waals surface area contributed by atoms with E-state index in [0.29, 0.717) is 12.5 Å². The molecule has 2 aromatic carbocycles. The van der Waals surface area contributed by atoms with Crippen LogP contribution in [0.3, 0.4) is 0 Å². The summed E-state index contributed by atoms with van der Waals surface area (Å²) in [6.07, 6.45) is 0.918. The van der Waals surface area contributed by atoms with Crippen LogP contribution in [0, 0.1) is 0 Å². The zero-order valence-corrected chi connectivity index (χ0v) is 15.0. The topological polar surface area (TPSA) is 68.9 Å². The van der Waals surface area contributed by atoms with Gasteiger partial charge in [-0.2, -0.15) is 0 Å². The molecule has 0 unspecified atom stereocenters. The average Bonchev–Trinajstić information content (AvgIpc) is 3.01. The highest BCUT2D eigenvalue weighted by atomic mass is 127. The van der Waals surface area contributed by atoms with Gasteiger partial charge in [0.2, 0.25) is 6.79 Å². The molecule has 0 spiro atoms. The number of nitrogens with zero attached hydrogens (tertiary/aromatic N) is 1. The van der Waals surface area contributed by atoms with Gasteiger partial charge in [-0.1, -0.05) is 36.4 Å². The number of guanidine groups is 1. The van der Waals surface area contributed by atoms with Gasteiger partial charge in [0.15, 0.2) is 17.5 Å². The lowest BCUT2D eigenvalue weighted by atomic mass is 10.1. The van der Waals surface area contributed by atoms with Gasteiger partial charge in [0.1, 0.15) is 0 Å². The van der Waals surface area contributed by atoms with Gasteiger partial charge in [-0.05, 0) is 29.7 Å². The summed E-state index contributed by atoms with van der Waals surface area (Å²) >= 11 is 0. The van der Waals surface area contributed by atoms with E-state index in [-0.39, 0.29) is 30.8 Å². The second-order valence-electron chi connectivity index (χ2n) is 5.05. The third-order valence-electron chi connectivity index (χ3n) is 3.43. The zero-order valence-electron chi connectivity index (χ0n) is 12.7. The normalized spacial score (nSPS) is 12.6. The highest BCUT2D eigenvalue weighted by Gasteiger charge is 2.12. The highest BCUT2D eigenvalue weighted by molar-refractivity contribution is 14.0. The van der Waals surface area contributed by atoms with Crippen LogP contribution < -0.4 is 20.5 Å². The Kier molecular flexibility index (Phi) is 6.52. The van der Waals surface area contributed by atoms with Crippen molar-refractivity contribution >= 4 is 29.9 Å². The maximum absolute atomic E-state index is 5.88. The van der Waals surface area contributed by atoms with Crippen LogP contribution in [0.1, 0.15) is 11.1 Å². The van der Waals surface area contributed by atoms with Crippen molar-refractivity contribution < 1.29 is 9.47 Å². The molecule has 0 aromatic heterocycles. The quantitative estimate of drug-likeness (QED) is 0.439. The van der Waals surface area contributed by atoms with E-state index in [9.17, 15) is 0 Å². The monoisotopic (exact) mass is 425 g/mol. The second-order valence-corrected chi connectivity index (χ2v) is 5.05. The van der Waals surface area contributed by atoms with Crippen LogP contribution in [0.2, 0.25) is 0 Å². The van der Waals surface area contributed by atoms with Crippen LogP contribution >= 0.6 is 24.0 Å². The van der Waals surface area contributed by atoms with Gasteiger partial charge >= 0.3 is 0 Å². The van der Waals surface area contributed by atoms with Crippen LogP contribution in [-0.2, 0) is 13.0 Å². The maximum Gasteiger partial charge on any atom is 0.231 e. The lowest BCUT2D eigenvalue weighted by molar-refractivity contribution is 0.174. The van der Waals surface area contributed by atoms with Crippen LogP contribution in [0.5, 0.6) is 11.5 Å². The summed E-state index contributed by atoms with van der Waals surface area (Å²) in [5.41, 5.74) is 8.20. The largest absolute Gasteiger partial charge is 0.454 e. The maximum atomic E-state index is 5.88. The minimum absolute atomic E-state index is 0. The van der Waals surface area contributed by atoms with Gasteiger partial charge < -0.3 is 20.5 Å². The molecular formula is C17H20IN3O2. The number of fused-ring (bicyclic) bond motifs is 1. The number of nitrogens with one attached hydrogen (secondary N) is 1. The first-order valence-corrected chi connectivity index (χ1v) is 7.27. The van der Waals surface area contributed by atoms with E-state index in [1.807, 2.05) is 36.4 Å². The fraction of sp³-hybridized carbons (Fsp3) is 0.235. The molecule has 1 aliphatic heterocycles. The van der Waals surface area contributed by atoms with Crippen LogP contribution in [-0.4, -0.2) is 19.3 Å². The number of aliphatic imine (C=N–C) groups is 1. The summed E-state index contributed by atoms with van der Waals surface area (Å²) in [4.78, 5) is 4.34.